The van der Waals surface area contributed by atoms with Crippen molar-refractivity contribution < 1.29 is 19.4 Å². The predicted molar refractivity (Wildman–Crippen MR) is 141 cm³/mol. The van der Waals surface area contributed by atoms with Gasteiger partial charge in [-0.3, -0.25) is 0 Å². The molecule has 1 amide bonds. The Kier molecular flexibility index (Phi) is 8.13. The second kappa shape index (κ2) is 11.5. The second-order valence-corrected chi connectivity index (χ2v) is 10.2. The molecule has 4 rings (SSSR count). The minimum absolute atomic E-state index is 0.0640. The van der Waals surface area contributed by atoms with E-state index in [2.05, 4.69) is 41.7 Å². The number of fused-ring (bicyclic) bond motifs is 3. The maximum absolute atomic E-state index is 12.6. The zero-order valence-electron chi connectivity index (χ0n) is 19.9. The SMILES string of the molecule is CC(CCCCSCc1ccccc1)(NC(=O)OCC1c2ccccc2-c2ccccc21)C(=O)O. The van der Waals surface area contributed by atoms with E-state index in [1.54, 1.807) is 6.92 Å². The Labute approximate surface area is 210 Å². The Morgan fingerprint density at radius 1 is 0.914 bits per heavy atom. The summed E-state index contributed by atoms with van der Waals surface area (Å²) in [7, 11) is 0. The predicted octanol–water partition coefficient (Wildman–Crippen LogP) is 6.47. The average molecular weight is 490 g/mol. The molecule has 1 aliphatic carbocycles. The van der Waals surface area contributed by atoms with Gasteiger partial charge in [-0.2, -0.15) is 11.8 Å². The third kappa shape index (κ3) is 6.06. The second-order valence-electron chi connectivity index (χ2n) is 9.08. The lowest BCUT2D eigenvalue weighted by atomic mass is 9.95. The van der Waals surface area contributed by atoms with Crippen LogP contribution in [0.3, 0.4) is 0 Å². The molecule has 0 fully saturated rings. The van der Waals surface area contributed by atoms with E-state index >= 15 is 0 Å². The number of thioether (sulfide) groups is 1. The highest BCUT2D eigenvalue weighted by atomic mass is 32.2. The van der Waals surface area contributed by atoms with Crippen molar-refractivity contribution in [3.05, 3.63) is 95.6 Å². The molecule has 0 saturated carbocycles. The zero-order valence-corrected chi connectivity index (χ0v) is 20.7. The number of alkyl carbamates (subject to hydrolysis) is 1. The first-order valence-corrected chi connectivity index (χ1v) is 13.1. The normalized spacial score (nSPS) is 14.0. The van der Waals surface area contributed by atoms with Crippen LogP contribution in [0.5, 0.6) is 0 Å². The zero-order chi connectivity index (χ0) is 24.7. The standard InChI is InChI=1S/C29H31NO4S/c1-29(27(31)32,17-9-10-18-35-20-21-11-3-2-4-12-21)30-28(33)34-19-26-24-15-7-5-13-22(24)23-14-6-8-16-25(23)26/h2-8,11-16,26H,9-10,17-20H2,1H3,(H,30,33)(H,31,32). The van der Waals surface area contributed by atoms with Gasteiger partial charge in [0.05, 0.1) is 0 Å². The van der Waals surface area contributed by atoms with Gasteiger partial charge in [0.2, 0.25) is 0 Å². The van der Waals surface area contributed by atoms with Crippen LogP contribution in [0.2, 0.25) is 0 Å². The number of rotatable bonds is 11. The fourth-order valence-corrected chi connectivity index (χ4v) is 5.51. The summed E-state index contributed by atoms with van der Waals surface area (Å²) in [6, 6.07) is 26.5. The molecular formula is C29H31NO4S. The number of amides is 1. The molecule has 1 unspecified atom stereocenters. The molecule has 35 heavy (non-hydrogen) atoms. The first-order valence-electron chi connectivity index (χ1n) is 12.0. The Morgan fingerprint density at radius 2 is 1.51 bits per heavy atom. The molecule has 3 aromatic rings. The number of carboxylic acid groups (broad SMARTS) is 1. The topological polar surface area (TPSA) is 75.6 Å². The van der Waals surface area contributed by atoms with E-state index in [9.17, 15) is 14.7 Å². The summed E-state index contributed by atoms with van der Waals surface area (Å²) in [6.07, 6.45) is 1.23. The van der Waals surface area contributed by atoms with Crippen LogP contribution in [0.15, 0.2) is 78.9 Å². The van der Waals surface area contributed by atoms with Crippen LogP contribution in [0.1, 0.15) is 48.8 Å². The number of carbonyl (C=O) groups excluding carboxylic acids is 1. The third-order valence-electron chi connectivity index (χ3n) is 6.52. The average Bonchev–Trinajstić information content (AvgIpc) is 3.19. The molecule has 0 heterocycles. The molecular weight excluding hydrogens is 458 g/mol. The molecule has 1 atom stereocenters. The van der Waals surface area contributed by atoms with E-state index in [0.29, 0.717) is 12.8 Å². The molecule has 0 spiro atoms. The van der Waals surface area contributed by atoms with E-state index in [1.807, 2.05) is 54.2 Å². The fourth-order valence-electron chi connectivity index (χ4n) is 4.53. The maximum atomic E-state index is 12.6. The number of carboxylic acids is 1. The third-order valence-corrected chi connectivity index (χ3v) is 7.64. The molecule has 2 N–H and O–H groups in total. The summed E-state index contributed by atoms with van der Waals surface area (Å²) >= 11 is 1.83. The maximum Gasteiger partial charge on any atom is 0.408 e. The summed E-state index contributed by atoms with van der Waals surface area (Å²) < 4.78 is 5.56. The molecule has 0 bridgehead atoms. The number of unbranched alkanes of at least 4 members (excludes halogenated alkanes) is 1. The van der Waals surface area contributed by atoms with Crippen LogP contribution in [0.4, 0.5) is 4.79 Å². The minimum atomic E-state index is -1.37. The van der Waals surface area contributed by atoms with E-state index in [0.717, 1.165) is 40.2 Å². The summed E-state index contributed by atoms with van der Waals surface area (Å²) in [5.41, 5.74) is 4.46. The molecule has 0 radical (unpaired) electrons. The van der Waals surface area contributed by atoms with Crippen LogP contribution in [-0.2, 0) is 15.3 Å². The largest absolute Gasteiger partial charge is 0.480 e. The lowest BCUT2D eigenvalue weighted by Gasteiger charge is -2.26. The summed E-state index contributed by atoms with van der Waals surface area (Å²) in [4.78, 5) is 24.6. The number of aliphatic carboxylic acids is 1. The van der Waals surface area contributed by atoms with Crippen LogP contribution < -0.4 is 5.32 Å². The number of carbonyl (C=O) groups is 2. The van der Waals surface area contributed by atoms with Crippen LogP contribution in [-0.4, -0.2) is 35.1 Å². The number of nitrogens with one attached hydrogen (secondary N) is 1. The van der Waals surface area contributed by atoms with Crippen LogP contribution in [0.25, 0.3) is 11.1 Å². The Bertz CT molecular complexity index is 1120. The Balaban J connectivity index is 1.27. The van der Waals surface area contributed by atoms with Crippen LogP contribution >= 0.6 is 11.8 Å². The number of hydrogen-bond acceptors (Lipinski definition) is 4. The van der Waals surface area contributed by atoms with E-state index in [-0.39, 0.29) is 12.5 Å². The van der Waals surface area contributed by atoms with Gasteiger partial charge >= 0.3 is 12.1 Å². The summed E-state index contributed by atoms with van der Waals surface area (Å²) in [6.45, 7) is 1.71. The van der Waals surface area contributed by atoms with Gasteiger partial charge in [0.25, 0.3) is 0 Å². The quantitative estimate of drug-likeness (QED) is 0.302. The van der Waals surface area contributed by atoms with Crippen molar-refractivity contribution in [2.24, 2.45) is 0 Å². The highest BCUT2D eigenvalue weighted by molar-refractivity contribution is 7.98. The molecule has 182 valence electrons. The minimum Gasteiger partial charge on any atom is -0.480 e. The highest BCUT2D eigenvalue weighted by Gasteiger charge is 2.36. The fraction of sp³-hybridized carbons (Fsp3) is 0.310. The Hall–Kier alpha value is -3.25. The summed E-state index contributed by atoms with van der Waals surface area (Å²) in [5.74, 6) is 0.763. The monoisotopic (exact) mass is 489 g/mol. The van der Waals surface area contributed by atoms with Gasteiger partial charge in [0, 0.05) is 11.7 Å². The van der Waals surface area contributed by atoms with Gasteiger partial charge in [-0.05, 0) is 59.8 Å². The lowest BCUT2D eigenvalue weighted by Crippen LogP contribution is -2.52. The van der Waals surface area contributed by atoms with Crippen molar-refractivity contribution in [2.75, 3.05) is 12.4 Å². The van der Waals surface area contributed by atoms with Crippen molar-refractivity contribution in [1.29, 1.82) is 0 Å². The van der Waals surface area contributed by atoms with E-state index in [4.69, 9.17) is 4.74 Å². The molecule has 0 saturated heterocycles. The van der Waals surface area contributed by atoms with Gasteiger partial charge in [0.15, 0.2) is 0 Å². The van der Waals surface area contributed by atoms with Crippen LogP contribution in [0, 0.1) is 0 Å². The first kappa shape index (κ1) is 24.9. The van der Waals surface area contributed by atoms with Gasteiger partial charge in [-0.15, -0.1) is 0 Å². The van der Waals surface area contributed by atoms with Crippen molar-refractivity contribution >= 4 is 23.8 Å². The smallest absolute Gasteiger partial charge is 0.408 e. The van der Waals surface area contributed by atoms with Gasteiger partial charge in [0.1, 0.15) is 12.1 Å². The number of hydrogen-bond donors (Lipinski definition) is 2. The molecule has 3 aromatic carbocycles. The van der Waals surface area contributed by atoms with E-state index in [1.165, 1.54) is 5.56 Å². The number of ether oxygens (including phenoxy) is 1. The first-order chi connectivity index (χ1) is 17.0. The lowest BCUT2D eigenvalue weighted by molar-refractivity contribution is -0.144. The molecule has 6 heteroatoms. The van der Waals surface area contributed by atoms with Crippen molar-refractivity contribution in [1.82, 2.24) is 5.32 Å². The molecule has 5 nitrogen and oxygen atoms in total. The molecule has 1 aliphatic rings. The van der Waals surface area contributed by atoms with Crippen molar-refractivity contribution in [2.45, 2.75) is 43.4 Å². The van der Waals surface area contributed by atoms with Gasteiger partial charge in [-0.1, -0.05) is 78.9 Å². The van der Waals surface area contributed by atoms with Crippen molar-refractivity contribution in [3.63, 3.8) is 0 Å². The molecule has 0 aromatic heterocycles. The Morgan fingerprint density at radius 3 is 2.14 bits per heavy atom. The van der Waals surface area contributed by atoms with E-state index < -0.39 is 17.6 Å². The van der Waals surface area contributed by atoms with Gasteiger partial charge < -0.3 is 15.2 Å². The van der Waals surface area contributed by atoms with Crippen molar-refractivity contribution in [3.8, 4) is 11.1 Å². The number of benzene rings is 3. The van der Waals surface area contributed by atoms with Gasteiger partial charge in [-0.25, -0.2) is 9.59 Å². The molecule has 0 aliphatic heterocycles. The summed E-state index contributed by atoms with van der Waals surface area (Å²) in [5, 5.41) is 12.4. The highest BCUT2D eigenvalue weighted by Crippen LogP contribution is 2.44.